The average Bonchev–Trinajstić information content (AvgIpc) is 3.54. The molecule has 1 aliphatic rings. The monoisotopic (exact) mass is 486 g/mol. The van der Waals surface area contributed by atoms with Crippen LogP contribution in [0.3, 0.4) is 0 Å². The van der Waals surface area contributed by atoms with Crippen LogP contribution in [0, 0.1) is 5.82 Å². The Labute approximate surface area is 207 Å². The van der Waals surface area contributed by atoms with Crippen molar-refractivity contribution in [3.05, 3.63) is 106 Å². The molecular weight excluding hydrogens is 459 g/mol. The van der Waals surface area contributed by atoms with Crippen molar-refractivity contribution in [3.8, 4) is 0 Å². The van der Waals surface area contributed by atoms with Gasteiger partial charge in [-0.15, -0.1) is 0 Å². The number of aromatic nitrogens is 3. The number of hydrogen-bond donors (Lipinski definition) is 3. The number of aromatic amines is 1. The van der Waals surface area contributed by atoms with Gasteiger partial charge in [-0.1, -0.05) is 31.2 Å². The van der Waals surface area contributed by atoms with Gasteiger partial charge < -0.3 is 20.9 Å². The molecule has 0 spiro atoms. The molecule has 4 N–H and O–H groups in total. The van der Waals surface area contributed by atoms with Crippen molar-refractivity contribution >= 4 is 17.5 Å². The summed E-state index contributed by atoms with van der Waals surface area (Å²) in [6.07, 6.45) is 1.71. The van der Waals surface area contributed by atoms with Crippen LogP contribution in [0.25, 0.3) is 0 Å². The Morgan fingerprint density at radius 1 is 1.14 bits per heavy atom. The summed E-state index contributed by atoms with van der Waals surface area (Å²) >= 11 is 0. The van der Waals surface area contributed by atoms with Gasteiger partial charge in [0.05, 0.1) is 13.1 Å². The topological polar surface area (TPSA) is 109 Å². The number of carbonyl (C=O) groups is 2. The number of H-pyrrole nitrogens is 1. The summed E-state index contributed by atoms with van der Waals surface area (Å²) in [6.45, 7) is 3.50. The van der Waals surface area contributed by atoms with E-state index in [0.717, 1.165) is 16.8 Å². The number of nitrogens with one attached hydrogen (secondary N) is 2. The fourth-order valence-electron chi connectivity index (χ4n) is 4.71. The highest BCUT2D eigenvalue weighted by Crippen LogP contribution is 2.32. The van der Waals surface area contributed by atoms with Crippen molar-refractivity contribution in [1.29, 1.82) is 0 Å². The van der Waals surface area contributed by atoms with E-state index >= 15 is 0 Å². The number of hydrogen-bond acceptors (Lipinski definition) is 4. The first kappa shape index (κ1) is 23.5. The van der Waals surface area contributed by atoms with E-state index < -0.39 is 0 Å². The van der Waals surface area contributed by atoms with E-state index in [0.29, 0.717) is 36.6 Å². The lowest BCUT2D eigenvalue weighted by molar-refractivity contribution is 0.0711. The first-order valence-electron chi connectivity index (χ1n) is 11.8. The fourth-order valence-corrected chi connectivity index (χ4v) is 4.71. The van der Waals surface area contributed by atoms with E-state index in [1.807, 2.05) is 25.1 Å². The molecule has 3 heterocycles. The number of amides is 2. The van der Waals surface area contributed by atoms with E-state index in [4.69, 9.17) is 10.8 Å². The van der Waals surface area contributed by atoms with Crippen LogP contribution >= 0.6 is 0 Å². The fraction of sp³-hybridized carbons (Fsp3) is 0.222. The van der Waals surface area contributed by atoms with Crippen molar-refractivity contribution in [2.45, 2.75) is 32.5 Å². The van der Waals surface area contributed by atoms with Crippen LogP contribution in [-0.2, 0) is 19.6 Å². The van der Waals surface area contributed by atoms with Gasteiger partial charge in [0.2, 0.25) is 0 Å². The van der Waals surface area contributed by atoms with E-state index in [9.17, 15) is 14.0 Å². The Morgan fingerprint density at radius 2 is 1.94 bits per heavy atom. The van der Waals surface area contributed by atoms with Crippen molar-refractivity contribution in [2.75, 3.05) is 11.9 Å². The van der Waals surface area contributed by atoms with Crippen LogP contribution in [0.1, 0.15) is 56.2 Å². The first-order chi connectivity index (χ1) is 17.4. The minimum Gasteiger partial charge on any atom is -0.357 e. The summed E-state index contributed by atoms with van der Waals surface area (Å²) in [5, 5.41) is 7.62. The predicted molar refractivity (Wildman–Crippen MR) is 134 cm³/mol. The molecule has 2 amide bonds. The molecule has 2 aromatic heterocycles. The number of anilines is 1. The highest BCUT2D eigenvalue weighted by molar-refractivity contribution is 6.04. The van der Waals surface area contributed by atoms with Gasteiger partial charge in [-0.25, -0.2) is 4.39 Å². The van der Waals surface area contributed by atoms with Crippen molar-refractivity contribution in [3.63, 3.8) is 0 Å². The number of nitrogens with two attached hydrogens (primary N) is 1. The second-order valence-corrected chi connectivity index (χ2v) is 9.03. The highest BCUT2D eigenvalue weighted by atomic mass is 19.1. The second-order valence-electron chi connectivity index (χ2n) is 9.03. The molecule has 1 atom stereocenters. The van der Waals surface area contributed by atoms with Crippen LogP contribution < -0.4 is 11.1 Å². The number of rotatable bonds is 6. The predicted octanol–water partition coefficient (Wildman–Crippen LogP) is 3.87. The van der Waals surface area contributed by atoms with Crippen molar-refractivity contribution in [1.82, 2.24) is 19.7 Å². The normalized spacial score (nSPS) is 15.0. The molecule has 0 bridgehead atoms. The minimum atomic E-state index is -0.361. The zero-order chi connectivity index (χ0) is 25.2. The van der Waals surface area contributed by atoms with Crippen LogP contribution in [0.15, 0.2) is 66.9 Å². The van der Waals surface area contributed by atoms with Gasteiger partial charge in [-0.05, 0) is 47.5 Å². The molecule has 0 saturated heterocycles. The SMILES string of the molecule is C[C@@H]1CN(C(=O)c2ccc[nH]2)Cc2c(C(=O)Nc3cccc(CN)c3)nn(Cc3ccc(F)cc3)c21. The zero-order valence-electron chi connectivity index (χ0n) is 19.9. The maximum absolute atomic E-state index is 13.4. The van der Waals surface area contributed by atoms with E-state index in [-0.39, 0.29) is 35.8 Å². The Balaban J connectivity index is 1.51. The molecule has 0 radical (unpaired) electrons. The molecule has 184 valence electrons. The van der Waals surface area contributed by atoms with Crippen LogP contribution in [0.5, 0.6) is 0 Å². The summed E-state index contributed by atoms with van der Waals surface area (Å²) in [6, 6.07) is 17.1. The van der Waals surface area contributed by atoms with E-state index in [1.165, 1.54) is 12.1 Å². The second kappa shape index (κ2) is 9.79. The summed E-state index contributed by atoms with van der Waals surface area (Å²) < 4.78 is 15.2. The first-order valence-corrected chi connectivity index (χ1v) is 11.8. The molecule has 36 heavy (non-hydrogen) atoms. The van der Waals surface area contributed by atoms with Gasteiger partial charge >= 0.3 is 0 Å². The van der Waals surface area contributed by atoms with Crippen LogP contribution in [0.4, 0.5) is 10.1 Å². The molecule has 0 unspecified atom stereocenters. The van der Waals surface area contributed by atoms with Crippen LogP contribution in [-0.4, -0.2) is 38.0 Å². The highest BCUT2D eigenvalue weighted by Gasteiger charge is 2.34. The Bertz CT molecular complexity index is 1390. The number of halogens is 1. The summed E-state index contributed by atoms with van der Waals surface area (Å²) in [4.78, 5) is 31.2. The van der Waals surface area contributed by atoms with Gasteiger partial charge in [0.25, 0.3) is 11.8 Å². The third kappa shape index (κ3) is 4.65. The summed E-state index contributed by atoms with van der Waals surface area (Å²) in [7, 11) is 0. The van der Waals surface area contributed by atoms with Gasteiger partial charge in [0, 0.05) is 42.1 Å². The molecule has 4 aromatic rings. The molecule has 8 nitrogen and oxygen atoms in total. The van der Waals surface area contributed by atoms with Gasteiger partial charge in [0.15, 0.2) is 5.69 Å². The van der Waals surface area contributed by atoms with Crippen molar-refractivity contribution in [2.24, 2.45) is 5.73 Å². The Hall–Kier alpha value is -4.24. The largest absolute Gasteiger partial charge is 0.357 e. The van der Waals surface area contributed by atoms with E-state index in [2.05, 4.69) is 10.3 Å². The zero-order valence-corrected chi connectivity index (χ0v) is 19.9. The number of benzene rings is 2. The van der Waals surface area contributed by atoms with E-state index in [1.54, 1.807) is 46.1 Å². The number of carbonyl (C=O) groups excluding carboxylic acids is 2. The molecule has 0 saturated carbocycles. The van der Waals surface area contributed by atoms with Gasteiger partial charge in [-0.3, -0.25) is 14.3 Å². The minimum absolute atomic E-state index is 0.0669. The van der Waals surface area contributed by atoms with Gasteiger partial charge in [0.1, 0.15) is 11.5 Å². The Kier molecular flexibility index (Phi) is 6.39. The lowest BCUT2D eigenvalue weighted by Gasteiger charge is -2.32. The summed E-state index contributed by atoms with van der Waals surface area (Å²) in [5.41, 5.74) is 10.5. The number of fused-ring (bicyclic) bond motifs is 1. The third-order valence-corrected chi connectivity index (χ3v) is 6.40. The Morgan fingerprint density at radius 3 is 2.67 bits per heavy atom. The molecule has 5 rings (SSSR count). The lowest BCUT2D eigenvalue weighted by atomic mass is 9.95. The van der Waals surface area contributed by atoms with Gasteiger partial charge in [-0.2, -0.15) is 5.10 Å². The maximum Gasteiger partial charge on any atom is 0.276 e. The van der Waals surface area contributed by atoms with Crippen molar-refractivity contribution < 1.29 is 14.0 Å². The average molecular weight is 487 g/mol. The summed E-state index contributed by atoms with van der Waals surface area (Å²) in [5.74, 6) is -0.874. The molecule has 9 heteroatoms. The smallest absolute Gasteiger partial charge is 0.276 e. The molecule has 0 aliphatic carbocycles. The van der Waals surface area contributed by atoms with Crippen LogP contribution in [0.2, 0.25) is 0 Å². The standard InChI is InChI=1S/C27H27FN6O2/c1-17-14-33(27(36)23-6-3-11-30-23)16-22-24(26(35)31-21-5-2-4-19(12-21)13-29)32-34(25(17)22)15-18-7-9-20(28)10-8-18/h2-12,17,30H,13-16,29H2,1H3,(H,31,35)/t17-/m1/s1. The molecule has 2 aromatic carbocycles. The molecule has 0 fully saturated rings. The third-order valence-electron chi connectivity index (χ3n) is 6.40. The quantitative estimate of drug-likeness (QED) is 0.384. The molecular formula is C27H27FN6O2. The molecule has 1 aliphatic heterocycles. The lowest BCUT2D eigenvalue weighted by Crippen LogP contribution is -2.38. The number of nitrogens with zero attached hydrogens (tertiary/aromatic N) is 3. The maximum atomic E-state index is 13.4.